The second kappa shape index (κ2) is 5.08. The largest absolute Gasteiger partial charge is 0.399 e. The van der Waals surface area contributed by atoms with Crippen LogP contribution in [0.5, 0.6) is 0 Å². The zero-order valence-electron chi connectivity index (χ0n) is 11.4. The third-order valence-electron chi connectivity index (χ3n) is 3.76. The summed E-state index contributed by atoms with van der Waals surface area (Å²) >= 11 is 1.63. The molecule has 3 rings (SSSR count). The third-order valence-corrected chi connectivity index (χ3v) is 6.74. The minimum Gasteiger partial charge on any atom is -0.399 e. The lowest BCUT2D eigenvalue weighted by Crippen LogP contribution is -2.38. The first-order valence-electron chi connectivity index (χ1n) is 6.54. The Morgan fingerprint density at radius 3 is 2.90 bits per heavy atom. The van der Waals surface area contributed by atoms with E-state index in [1.165, 1.54) is 21.3 Å². The van der Waals surface area contributed by atoms with Crippen LogP contribution in [-0.2, 0) is 16.4 Å². The van der Waals surface area contributed by atoms with E-state index in [-0.39, 0.29) is 16.6 Å². The topological polar surface area (TPSA) is 63.4 Å². The molecule has 0 aliphatic carbocycles. The van der Waals surface area contributed by atoms with Crippen LogP contribution < -0.4 is 5.73 Å². The molecule has 1 aromatic carbocycles. The molecule has 0 fully saturated rings. The molecule has 1 aliphatic rings. The molecule has 2 aromatic rings. The Morgan fingerprint density at radius 1 is 1.38 bits per heavy atom. The van der Waals surface area contributed by atoms with Crippen LogP contribution in [-0.4, -0.2) is 19.3 Å². The molecule has 4 nitrogen and oxygen atoms in total. The molecule has 112 valence electrons. The van der Waals surface area contributed by atoms with Crippen molar-refractivity contribution in [3.8, 4) is 0 Å². The summed E-state index contributed by atoms with van der Waals surface area (Å²) in [6, 6.07) is 5.26. The van der Waals surface area contributed by atoms with E-state index in [2.05, 4.69) is 0 Å². The van der Waals surface area contributed by atoms with Crippen LogP contribution in [0.2, 0.25) is 0 Å². The Balaban J connectivity index is 2.05. The Kier molecular flexibility index (Phi) is 3.51. The highest BCUT2D eigenvalue weighted by Gasteiger charge is 2.35. The molecular formula is C14H15FN2O2S2. The van der Waals surface area contributed by atoms with Gasteiger partial charge in [-0.05, 0) is 48.6 Å². The fourth-order valence-corrected chi connectivity index (χ4v) is 5.34. The predicted molar refractivity (Wildman–Crippen MR) is 81.1 cm³/mol. The van der Waals surface area contributed by atoms with Crippen LogP contribution in [0.25, 0.3) is 0 Å². The molecule has 0 bridgehead atoms. The molecule has 21 heavy (non-hydrogen) atoms. The van der Waals surface area contributed by atoms with Gasteiger partial charge in [0.05, 0.1) is 0 Å². The molecule has 0 saturated carbocycles. The highest BCUT2D eigenvalue weighted by atomic mass is 32.2. The van der Waals surface area contributed by atoms with Crippen molar-refractivity contribution in [3.63, 3.8) is 0 Å². The molecule has 0 radical (unpaired) electrons. The molecule has 0 amide bonds. The van der Waals surface area contributed by atoms with E-state index in [1.807, 2.05) is 18.4 Å². The first-order chi connectivity index (χ1) is 9.91. The minimum atomic E-state index is -3.90. The van der Waals surface area contributed by atoms with Gasteiger partial charge in [0, 0.05) is 23.2 Å². The van der Waals surface area contributed by atoms with Gasteiger partial charge in [-0.25, -0.2) is 12.8 Å². The summed E-state index contributed by atoms with van der Waals surface area (Å²) in [5.41, 5.74) is 6.83. The van der Waals surface area contributed by atoms with Gasteiger partial charge in [-0.2, -0.15) is 4.31 Å². The maximum absolute atomic E-state index is 13.9. The maximum atomic E-state index is 13.9. The fraction of sp³-hybridized carbons (Fsp3) is 0.286. The predicted octanol–water partition coefficient (Wildman–Crippen LogP) is 2.78. The zero-order chi connectivity index (χ0) is 15.2. The average molecular weight is 326 g/mol. The molecule has 2 heterocycles. The van der Waals surface area contributed by atoms with Crippen LogP contribution in [0.4, 0.5) is 10.1 Å². The summed E-state index contributed by atoms with van der Waals surface area (Å²) in [6.45, 7) is 2.18. The van der Waals surface area contributed by atoms with Crippen molar-refractivity contribution in [2.75, 3.05) is 12.3 Å². The molecule has 1 aromatic heterocycles. The summed E-state index contributed by atoms with van der Waals surface area (Å²) in [5.74, 6) is -0.771. The van der Waals surface area contributed by atoms with Crippen LogP contribution in [0.15, 0.2) is 34.5 Å². The first kappa shape index (κ1) is 14.5. The van der Waals surface area contributed by atoms with E-state index in [9.17, 15) is 12.8 Å². The molecule has 7 heteroatoms. The van der Waals surface area contributed by atoms with Crippen LogP contribution in [0.1, 0.15) is 23.4 Å². The van der Waals surface area contributed by atoms with Crippen molar-refractivity contribution in [2.24, 2.45) is 0 Å². The summed E-state index contributed by atoms with van der Waals surface area (Å²) in [7, 11) is -3.90. The second-order valence-electron chi connectivity index (χ2n) is 5.03. The molecular weight excluding hydrogens is 311 g/mol. The Hall–Kier alpha value is -1.44. The van der Waals surface area contributed by atoms with Gasteiger partial charge in [0.2, 0.25) is 10.0 Å². The Bertz CT molecular complexity index is 786. The van der Waals surface area contributed by atoms with Crippen molar-refractivity contribution >= 4 is 27.0 Å². The van der Waals surface area contributed by atoms with Gasteiger partial charge in [-0.1, -0.05) is 0 Å². The highest BCUT2D eigenvalue weighted by Crippen LogP contribution is 2.36. The van der Waals surface area contributed by atoms with Gasteiger partial charge in [0.15, 0.2) is 0 Å². The molecule has 1 atom stereocenters. The quantitative estimate of drug-likeness (QED) is 0.863. The van der Waals surface area contributed by atoms with E-state index in [0.717, 1.165) is 11.6 Å². The van der Waals surface area contributed by atoms with E-state index in [0.29, 0.717) is 13.0 Å². The van der Waals surface area contributed by atoms with Gasteiger partial charge >= 0.3 is 0 Å². The second-order valence-corrected chi connectivity index (χ2v) is 7.89. The van der Waals surface area contributed by atoms with E-state index in [4.69, 9.17) is 5.73 Å². The van der Waals surface area contributed by atoms with Crippen LogP contribution >= 0.6 is 11.3 Å². The van der Waals surface area contributed by atoms with Gasteiger partial charge < -0.3 is 5.73 Å². The molecule has 0 spiro atoms. The maximum Gasteiger partial charge on any atom is 0.246 e. The van der Waals surface area contributed by atoms with Gasteiger partial charge in [-0.3, -0.25) is 0 Å². The van der Waals surface area contributed by atoms with E-state index < -0.39 is 15.8 Å². The number of fused-ring (bicyclic) bond motifs is 1. The van der Waals surface area contributed by atoms with Gasteiger partial charge in [0.1, 0.15) is 10.7 Å². The number of hydrogen-bond donors (Lipinski definition) is 1. The zero-order valence-corrected chi connectivity index (χ0v) is 13.0. The van der Waals surface area contributed by atoms with Crippen LogP contribution in [0.3, 0.4) is 0 Å². The number of hydrogen-bond acceptors (Lipinski definition) is 4. The Morgan fingerprint density at radius 2 is 2.14 bits per heavy atom. The highest BCUT2D eigenvalue weighted by molar-refractivity contribution is 7.89. The number of rotatable bonds is 2. The van der Waals surface area contributed by atoms with Crippen LogP contribution in [0, 0.1) is 5.82 Å². The lowest BCUT2D eigenvalue weighted by molar-refractivity contribution is 0.327. The number of anilines is 1. The normalized spacial score (nSPS) is 19.4. The average Bonchev–Trinajstić information content (AvgIpc) is 2.91. The lowest BCUT2D eigenvalue weighted by Gasteiger charge is -2.32. The molecule has 0 saturated heterocycles. The smallest absolute Gasteiger partial charge is 0.246 e. The number of sulfonamides is 1. The first-order valence-corrected chi connectivity index (χ1v) is 8.86. The number of benzene rings is 1. The fourth-order valence-electron chi connectivity index (χ4n) is 2.66. The van der Waals surface area contributed by atoms with Gasteiger partial charge in [-0.15, -0.1) is 11.3 Å². The van der Waals surface area contributed by atoms with Gasteiger partial charge in [0.25, 0.3) is 0 Å². The minimum absolute atomic E-state index is 0.232. The van der Waals surface area contributed by atoms with Crippen molar-refractivity contribution < 1.29 is 12.8 Å². The number of halogens is 1. The number of nitrogens with zero attached hydrogens (tertiary/aromatic N) is 1. The molecule has 2 N–H and O–H groups in total. The number of nitrogens with two attached hydrogens (primary N) is 1. The number of thiophene rings is 1. The lowest BCUT2D eigenvalue weighted by atomic mass is 10.0. The summed E-state index contributed by atoms with van der Waals surface area (Å²) < 4.78 is 40.7. The van der Waals surface area contributed by atoms with Crippen molar-refractivity contribution in [3.05, 3.63) is 45.9 Å². The SMILES string of the molecule is CC1c2ccsc2CCN1S(=O)(=O)c1cc(N)ccc1F. The standard InChI is InChI=1S/C14H15FN2O2S2/c1-9-11-5-7-20-13(11)4-6-17(9)21(18,19)14-8-10(16)2-3-12(14)15/h2-3,5,7-9H,4,6,16H2,1H3. The monoisotopic (exact) mass is 326 g/mol. The van der Waals surface area contributed by atoms with Crippen molar-refractivity contribution in [1.29, 1.82) is 0 Å². The number of nitrogen functional groups attached to an aromatic ring is 1. The van der Waals surface area contributed by atoms with Crippen molar-refractivity contribution in [1.82, 2.24) is 4.31 Å². The third kappa shape index (κ3) is 2.35. The van der Waals surface area contributed by atoms with E-state index >= 15 is 0 Å². The molecule has 1 unspecified atom stereocenters. The summed E-state index contributed by atoms with van der Waals surface area (Å²) in [4.78, 5) is 0.843. The van der Waals surface area contributed by atoms with Crippen molar-refractivity contribution in [2.45, 2.75) is 24.3 Å². The summed E-state index contributed by atoms with van der Waals surface area (Å²) in [5, 5.41) is 1.96. The Labute approximate surface area is 127 Å². The van der Waals surface area contributed by atoms with E-state index in [1.54, 1.807) is 11.3 Å². The molecule has 1 aliphatic heterocycles. The summed E-state index contributed by atoms with van der Waals surface area (Å²) in [6.07, 6.45) is 0.653.